The molecule has 0 spiro atoms. The topological polar surface area (TPSA) is 55.1 Å². The molecule has 5 heteroatoms. The summed E-state index contributed by atoms with van der Waals surface area (Å²) in [4.78, 5) is 13.2. The monoisotopic (exact) mass is 358 g/mol. The zero-order chi connectivity index (χ0) is 16.4. The minimum absolute atomic E-state index is 0. The van der Waals surface area contributed by atoms with Crippen molar-refractivity contribution in [2.24, 2.45) is 5.73 Å². The lowest BCUT2D eigenvalue weighted by atomic mass is 10.1. The van der Waals surface area contributed by atoms with Gasteiger partial charge >= 0.3 is 0 Å². The molecular formula is C18H31ClN2OS. The Balaban J connectivity index is 0.00000484. The van der Waals surface area contributed by atoms with E-state index >= 15 is 0 Å². The summed E-state index contributed by atoms with van der Waals surface area (Å²) < 4.78 is 0. The molecule has 132 valence electrons. The number of hydrogen-bond acceptors (Lipinski definition) is 3. The molecule has 0 radical (unpaired) electrons. The molecule has 0 aromatic heterocycles. The largest absolute Gasteiger partial charge is 0.330 e. The fourth-order valence-electron chi connectivity index (χ4n) is 2.16. The van der Waals surface area contributed by atoms with Crippen molar-refractivity contribution in [1.82, 2.24) is 0 Å². The van der Waals surface area contributed by atoms with Gasteiger partial charge in [0.25, 0.3) is 0 Å². The van der Waals surface area contributed by atoms with Crippen LogP contribution in [-0.2, 0) is 4.79 Å². The lowest BCUT2D eigenvalue weighted by molar-refractivity contribution is -0.116. The van der Waals surface area contributed by atoms with E-state index in [0.717, 1.165) is 49.9 Å². The van der Waals surface area contributed by atoms with Gasteiger partial charge in [-0.2, -0.15) is 0 Å². The molecule has 3 N–H and O–H groups in total. The van der Waals surface area contributed by atoms with Crippen LogP contribution in [0.1, 0.15) is 57.9 Å². The number of hydrogen-bond donors (Lipinski definition) is 2. The van der Waals surface area contributed by atoms with Crippen molar-refractivity contribution in [1.29, 1.82) is 0 Å². The molecule has 1 unspecified atom stereocenters. The van der Waals surface area contributed by atoms with Crippen molar-refractivity contribution in [3.8, 4) is 0 Å². The third-order valence-corrected chi connectivity index (χ3v) is 5.00. The number of nitrogens with one attached hydrogen (secondary N) is 1. The SMILES string of the molecule is CCC(C)Sc1ccc(NC(=O)CCCCCCN)c(C)c1.Cl. The van der Waals surface area contributed by atoms with Gasteiger partial charge in [0.05, 0.1) is 0 Å². The van der Waals surface area contributed by atoms with E-state index in [-0.39, 0.29) is 18.3 Å². The zero-order valence-corrected chi connectivity index (χ0v) is 16.2. The first-order valence-electron chi connectivity index (χ1n) is 8.34. The first-order valence-corrected chi connectivity index (χ1v) is 9.22. The molecular weight excluding hydrogens is 328 g/mol. The van der Waals surface area contributed by atoms with Crippen molar-refractivity contribution in [2.75, 3.05) is 11.9 Å². The summed E-state index contributed by atoms with van der Waals surface area (Å²) in [5.74, 6) is 0.109. The Morgan fingerprint density at radius 2 is 1.96 bits per heavy atom. The number of anilines is 1. The molecule has 0 aliphatic heterocycles. The number of halogens is 1. The maximum absolute atomic E-state index is 12.0. The van der Waals surface area contributed by atoms with Gasteiger partial charge in [0.15, 0.2) is 0 Å². The normalized spacial score (nSPS) is 11.7. The van der Waals surface area contributed by atoms with Crippen molar-refractivity contribution >= 4 is 35.8 Å². The predicted molar refractivity (Wildman–Crippen MR) is 105 cm³/mol. The van der Waals surface area contributed by atoms with Crippen LogP contribution >= 0.6 is 24.2 Å². The van der Waals surface area contributed by atoms with Crippen LogP contribution in [0.4, 0.5) is 5.69 Å². The number of amides is 1. The Bertz CT molecular complexity index is 468. The van der Waals surface area contributed by atoms with Crippen LogP contribution < -0.4 is 11.1 Å². The van der Waals surface area contributed by atoms with Gasteiger partial charge in [-0.05, 0) is 56.5 Å². The summed E-state index contributed by atoms with van der Waals surface area (Å²) in [5.41, 5.74) is 7.52. The third kappa shape index (κ3) is 9.23. The molecule has 0 bridgehead atoms. The van der Waals surface area contributed by atoms with Gasteiger partial charge in [-0.25, -0.2) is 0 Å². The number of nitrogens with two attached hydrogens (primary N) is 1. The number of benzene rings is 1. The van der Waals surface area contributed by atoms with E-state index < -0.39 is 0 Å². The van der Waals surface area contributed by atoms with Crippen LogP contribution in [0.5, 0.6) is 0 Å². The Kier molecular flexibility index (Phi) is 12.3. The van der Waals surface area contributed by atoms with E-state index in [0.29, 0.717) is 11.7 Å². The molecule has 0 aliphatic carbocycles. The predicted octanol–water partition coefficient (Wildman–Crippen LogP) is 5.16. The van der Waals surface area contributed by atoms with Gasteiger partial charge in [-0.15, -0.1) is 24.2 Å². The second-order valence-electron chi connectivity index (χ2n) is 5.81. The standard InChI is InChI=1S/C18H30N2OS.ClH/c1-4-15(3)22-16-10-11-17(14(2)13-16)20-18(21)9-7-5-6-8-12-19;/h10-11,13,15H,4-9,12,19H2,1-3H3,(H,20,21);1H. The number of unbranched alkanes of at least 4 members (excludes halogenated alkanes) is 3. The van der Waals surface area contributed by atoms with Crippen molar-refractivity contribution < 1.29 is 4.79 Å². The number of thioether (sulfide) groups is 1. The van der Waals surface area contributed by atoms with E-state index in [2.05, 4.69) is 38.2 Å². The number of rotatable bonds is 10. The van der Waals surface area contributed by atoms with Crippen LogP contribution in [0.25, 0.3) is 0 Å². The highest BCUT2D eigenvalue weighted by molar-refractivity contribution is 7.99. The number of carbonyl (C=O) groups excluding carboxylic acids is 1. The van der Waals surface area contributed by atoms with E-state index in [1.54, 1.807) is 0 Å². The summed E-state index contributed by atoms with van der Waals surface area (Å²) in [5, 5.41) is 3.64. The Hall–Kier alpha value is -0.710. The molecule has 0 fully saturated rings. The maximum atomic E-state index is 12.0. The van der Waals surface area contributed by atoms with Crippen LogP contribution in [0.2, 0.25) is 0 Å². The maximum Gasteiger partial charge on any atom is 0.224 e. The minimum Gasteiger partial charge on any atom is -0.330 e. The van der Waals surface area contributed by atoms with Crippen LogP contribution in [-0.4, -0.2) is 17.7 Å². The molecule has 1 amide bonds. The highest BCUT2D eigenvalue weighted by Gasteiger charge is 2.07. The van der Waals surface area contributed by atoms with E-state index in [4.69, 9.17) is 5.73 Å². The fraction of sp³-hybridized carbons (Fsp3) is 0.611. The highest BCUT2D eigenvalue weighted by atomic mass is 35.5. The number of aryl methyl sites for hydroxylation is 1. The van der Waals surface area contributed by atoms with E-state index in [1.165, 1.54) is 4.90 Å². The molecule has 1 aromatic carbocycles. The quantitative estimate of drug-likeness (QED) is 0.449. The Morgan fingerprint density at radius 1 is 1.26 bits per heavy atom. The molecule has 1 rings (SSSR count). The summed E-state index contributed by atoms with van der Waals surface area (Å²) >= 11 is 1.88. The molecule has 0 heterocycles. The summed E-state index contributed by atoms with van der Waals surface area (Å²) in [6.45, 7) is 7.23. The van der Waals surface area contributed by atoms with Gasteiger partial charge in [0, 0.05) is 22.3 Å². The first-order chi connectivity index (χ1) is 10.6. The second kappa shape index (κ2) is 12.7. The van der Waals surface area contributed by atoms with Gasteiger partial charge in [0.2, 0.25) is 5.91 Å². The van der Waals surface area contributed by atoms with Crippen molar-refractivity contribution in [3.63, 3.8) is 0 Å². The molecule has 0 saturated heterocycles. The van der Waals surface area contributed by atoms with Crippen molar-refractivity contribution in [2.45, 2.75) is 69.4 Å². The van der Waals surface area contributed by atoms with Gasteiger partial charge in [-0.3, -0.25) is 4.79 Å². The highest BCUT2D eigenvalue weighted by Crippen LogP contribution is 2.28. The average Bonchev–Trinajstić information content (AvgIpc) is 2.49. The van der Waals surface area contributed by atoms with Crippen molar-refractivity contribution in [3.05, 3.63) is 23.8 Å². The summed E-state index contributed by atoms with van der Waals surface area (Å²) in [7, 11) is 0. The lowest BCUT2D eigenvalue weighted by Gasteiger charge is -2.12. The van der Waals surface area contributed by atoms with Crippen LogP contribution in [0, 0.1) is 6.92 Å². The molecule has 23 heavy (non-hydrogen) atoms. The van der Waals surface area contributed by atoms with Crippen LogP contribution in [0.3, 0.4) is 0 Å². The fourth-order valence-corrected chi connectivity index (χ4v) is 3.18. The number of carbonyl (C=O) groups is 1. The molecule has 1 aromatic rings. The van der Waals surface area contributed by atoms with E-state index in [9.17, 15) is 4.79 Å². The third-order valence-electron chi connectivity index (χ3n) is 3.74. The van der Waals surface area contributed by atoms with Crippen LogP contribution in [0.15, 0.2) is 23.1 Å². The second-order valence-corrected chi connectivity index (χ2v) is 7.33. The smallest absolute Gasteiger partial charge is 0.224 e. The molecule has 1 atom stereocenters. The van der Waals surface area contributed by atoms with Gasteiger partial charge in [-0.1, -0.05) is 26.7 Å². The minimum atomic E-state index is 0. The van der Waals surface area contributed by atoms with E-state index in [1.807, 2.05) is 17.8 Å². The molecule has 3 nitrogen and oxygen atoms in total. The van der Waals surface area contributed by atoms with Gasteiger partial charge < -0.3 is 11.1 Å². The molecule has 0 aliphatic rings. The summed E-state index contributed by atoms with van der Waals surface area (Å²) in [6.07, 6.45) is 5.93. The Labute approximate surface area is 151 Å². The van der Waals surface area contributed by atoms with Gasteiger partial charge in [0.1, 0.15) is 0 Å². The summed E-state index contributed by atoms with van der Waals surface area (Å²) in [6, 6.07) is 6.28. The zero-order valence-electron chi connectivity index (χ0n) is 14.6. The molecule has 0 saturated carbocycles. The first kappa shape index (κ1) is 22.3. The Morgan fingerprint density at radius 3 is 2.57 bits per heavy atom. The lowest BCUT2D eigenvalue weighted by Crippen LogP contribution is -2.12. The average molecular weight is 359 g/mol.